The molecule has 2 fully saturated rings. The normalized spacial score (nSPS) is 26.6. The van der Waals surface area contributed by atoms with Crippen LogP contribution in [0.15, 0.2) is 0 Å². The summed E-state index contributed by atoms with van der Waals surface area (Å²) in [6, 6.07) is 0.467. The highest BCUT2D eigenvalue weighted by Gasteiger charge is 2.29. The van der Waals surface area contributed by atoms with Crippen LogP contribution < -0.4 is 5.32 Å². The van der Waals surface area contributed by atoms with Crippen LogP contribution in [-0.2, 0) is 4.79 Å². The number of nitrogens with zero attached hydrogens (tertiary/aromatic N) is 2. The number of halogens is 1. The first-order valence-electron chi connectivity index (χ1n) is 9.24. The minimum Gasteiger partial charge on any atom is -0.341 e. The van der Waals surface area contributed by atoms with Gasteiger partial charge in [0.2, 0.25) is 5.91 Å². The van der Waals surface area contributed by atoms with Gasteiger partial charge in [-0.2, -0.15) is 0 Å². The fourth-order valence-corrected chi connectivity index (χ4v) is 4.14. The third-order valence-electron chi connectivity index (χ3n) is 5.83. The van der Waals surface area contributed by atoms with Crippen LogP contribution >= 0.6 is 12.4 Å². The molecule has 1 heterocycles. The molecule has 0 radical (unpaired) electrons. The Kier molecular flexibility index (Phi) is 9.48. The van der Waals surface area contributed by atoms with E-state index in [1.807, 2.05) is 14.1 Å². The van der Waals surface area contributed by atoms with Crippen LogP contribution in [0.25, 0.3) is 0 Å². The largest absolute Gasteiger partial charge is 0.341 e. The summed E-state index contributed by atoms with van der Waals surface area (Å²) in [6.07, 6.45) is 8.85. The topological polar surface area (TPSA) is 35.6 Å². The van der Waals surface area contributed by atoms with Crippen molar-refractivity contribution in [2.75, 3.05) is 40.3 Å². The number of amides is 1. The second kappa shape index (κ2) is 10.5. The third kappa shape index (κ3) is 6.24. The number of hydrogen-bond acceptors (Lipinski definition) is 3. The van der Waals surface area contributed by atoms with Gasteiger partial charge in [0.15, 0.2) is 0 Å². The predicted molar refractivity (Wildman–Crippen MR) is 99.1 cm³/mol. The molecule has 2 aliphatic rings. The van der Waals surface area contributed by atoms with Gasteiger partial charge in [0.05, 0.1) is 6.54 Å². The van der Waals surface area contributed by atoms with Crippen LogP contribution in [0, 0.1) is 11.8 Å². The first-order valence-corrected chi connectivity index (χ1v) is 9.24. The molecule has 1 aliphatic heterocycles. The van der Waals surface area contributed by atoms with Gasteiger partial charge in [-0.1, -0.05) is 19.8 Å². The number of likely N-dealkylation sites (tertiary alicyclic amines) is 1. The summed E-state index contributed by atoms with van der Waals surface area (Å²) in [5.41, 5.74) is 0. The molecule has 2 rings (SSSR count). The Balaban J connectivity index is 0.00000264. The van der Waals surface area contributed by atoms with E-state index in [0.717, 1.165) is 25.6 Å². The maximum absolute atomic E-state index is 12.6. The molecule has 1 amide bonds. The maximum atomic E-state index is 12.6. The molecule has 0 aromatic rings. The SMILES string of the molecule is CNCCC1CCN(CC(=O)N(C)C2CCCCC2C)CC1.Cl. The standard InChI is InChI=1S/C18H35N3O.ClH/c1-15-6-4-5-7-17(15)20(3)18(22)14-21-12-9-16(10-13-21)8-11-19-2;/h15-17,19H,4-14H2,1-3H3;1H. The van der Waals surface area contributed by atoms with E-state index in [2.05, 4.69) is 22.0 Å². The Morgan fingerprint density at radius 1 is 1.17 bits per heavy atom. The van der Waals surface area contributed by atoms with Crippen LogP contribution in [0.5, 0.6) is 0 Å². The highest BCUT2D eigenvalue weighted by atomic mass is 35.5. The second-order valence-corrected chi connectivity index (χ2v) is 7.45. The lowest BCUT2D eigenvalue weighted by Crippen LogP contribution is -2.48. The smallest absolute Gasteiger partial charge is 0.236 e. The number of piperidine rings is 1. The van der Waals surface area contributed by atoms with Crippen molar-refractivity contribution in [3.8, 4) is 0 Å². The fraction of sp³-hybridized carbons (Fsp3) is 0.944. The van der Waals surface area contributed by atoms with Crippen LogP contribution in [0.1, 0.15) is 51.9 Å². The van der Waals surface area contributed by atoms with Gasteiger partial charge in [0, 0.05) is 13.1 Å². The van der Waals surface area contributed by atoms with Crippen molar-refractivity contribution in [1.82, 2.24) is 15.1 Å². The summed E-state index contributed by atoms with van der Waals surface area (Å²) in [5.74, 6) is 1.83. The average molecular weight is 346 g/mol. The quantitative estimate of drug-likeness (QED) is 0.804. The zero-order valence-electron chi connectivity index (χ0n) is 15.2. The minimum absolute atomic E-state index is 0. The zero-order chi connectivity index (χ0) is 15.9. The van der Waals surface area contributed by atoms with Gasteiger partial charge < -0.3 is 10.2 Å². The monoisotopic (exact) mass is 345 g/mol. The molecule has 2 unspecified atom stereocenters. The minimum atomic E-state index is 0. The molecule has 1 saturated heterocycles. The van der Waals surface area contributed by atoms with Gasteiger partial charge in [0.25, 0.3) is 0 Å². The Labute approximate surface area is 148 Å². The molecular weight excluding hydrogens is 310 g/mol. The second-order valence-electron chi connectivity index (χ2n) is 7.45. The molecule has 0 bridgehead atoms. The van der Waals surface area contributed by atoms with Crippen LogP contribution in [0.3, 0.4) is 0 Å². The molecule has 136 valence electrons. The fourth-order valence-electron chi connectivity index (χ4n) is 4.14. The van der Waals surface area contributed by atoms with E-state index in [1.165, 1.54) is 44.9 Å². The van der Waals surface area contributed by atoms with Crippen molar-refractivity contribution >= 4 is 18.3 Å². The van der Waals surface area contributed by atoms with Crippen molar-refractivity contribution in [1.29, 1.82) is 0 Å². The lowest BCUT2D eigenvalue weighted by atomic mass is 9.85. The Morgan fingerprint density at radius 3 is 2.43 bits per heavy atom. The Hall–Kier alpha value is -0.320. The van der Waals surface area contributed by atoms with Gasteiger partial charge in [-0.05, 0) is 70.6 Å². The predicted octanol–water partition coefficient (Wildman–Crippen LogP) is 2.77. The number of likely N-dealkylation sites (N-methyl/N-ethyl adjacent to an activating group) is 1. The van der Waals surface area contributed by atoms with Crippen molar-refractivity contribution in [3.05, 3.63) is 0 Å². The summed E-state index contributed by atoms with van der Waals surface area (Å²) >= 11 is 0. The molecule has 0 spiro atoms. The highest BCUT2D eigenvalue weighted by Crippen LogP contribution is 2.27. The van der Waals surface area contributed by atoms with E-state index in [9.17, 15) is 4.79 Å². The van der Waals surface area contributed by atoms with Crippen LogP contribution in [-0.4, -0.2) is 62.0 Å². The number of carbonyl (C=O) groups is 1. The summed E-state index contributed by atoms with van der Waals surface area (Å²) in [5, 5.41) is 3.24. The molecule has 4 nitrogen and oxygen atoms in total. The average Bonchev–Trinajstić information content (AvgIpc) is 2.54. The molecule has 2 atom stereocenters. The van der Waals surface area contributed by atoms with Gasteiger partial charge in [0.1, 0.15) is 0 Å². The number of carbonyl (C=O) groups excluding carboxylic acids is 1. The van der Waals surface area contributed by atoms with E-state index in [0.29, 0.717) is 24.4 Å². The highest BCUT2D eigenvalue weighted by molar-refractivity contribution is 5.85. The van der Waals surface area contributed by atoms with Crippen LogP contribution in [0.2, 0.25) is 0 Å². The van der Waals surface area contributed by atoms with Gasteiger partial charge in [-0.3, -0.25) is 9.69 Å². The van der Waals surface area contributed by atoms with E-state index < -0.39 is 0 Å². The van der Waals surface area contributed by atoms with E-state index in [-0.39, 0.29) is 12.4 Å². The molecule has 0 aromatic heterocycles. The summed E-state index contributed by atoms with van der Waals surface area (Å²) in [7, 11) is 4.05. The Bertz CT molecular complexity index is 345. The molecule has 0 aromatic carbocycles. The molecule has 5 heteroatoms. The van der Waals surface area contributed by atoms with Gasteiger partial charge in [-0.25, -0.2) is 0 Å². The zero-order valence-corrected chi connectivity index (χ0v) is 16.0. The number of rotatable bonds is 6. The Morgan fingerprint density at radius 2 is 1.83 bits per heavy atom. The van der Waals surface area contributed by atoms with Crippen LogP contribution in [0.4, 0.5) is 0 Å². The van der Waals surface area contributed by atoms with E-state index in [1.54, 1.807) is 0 Å². The molecular formula is C18H36ClN3O. The summed E-state index contributed by atoms with van der Waals surface area (Å²) in [6.45, 7) is 6.23. The maximum Gasteiger partial charge on any atom is 0.236 e. The summed E-state index contributed by atoms with van der Waals surface area (Å²) < 4.78 is 0. The molecule has 23 heavy (non-hydrogen) atoms. The first kappa shape index (κ1) is 20.7. The van der Waals surface area contributed by atoms with E-state index in [4.69, 9.17) is 0 Å². The molecule has 1 saturated carbocycles. The third-order valence-corrected chi connectivity index (χ3v) is 5.83. The van der Waals surface area contributed by atoms with Crippen molar-refractivity contribution < 1.29 is 4.79 Å². The summed E-state index contributed by atoms with van der Waals surface area (Å²) in [4.78, 5) is 17.0. The van der Waals surface area contributed by atoms with Crippen molar-refractivity contribution in [3.63, 3.8) is 0 Å². The van der Waals surface area contributed by atoms with Gasteiger partial charge >= 0.3 is 0 Å². The lowest BCUT2D eigenvalue weighted by Gasteiger charge is -2.38. The number of nitrogens with one attached hydrogen (secondary N) is 1. The van der Waals surface area contributed by atoms with E-state index >= 15 is 0 Å². The van der Waals surface area contributed by atoms with Crippen molar-refractivity contribution in [2.24, 2.45) is 11.8 Å². The lowest BCUT2D eigenvalue weighted by molar-refractivity contribution is -0.135. The molecule has 1 aliphatic carbocycles. The van der Waals surface area contributed by atoms with Gasteiger partial charge in [-0.15, -0.1) is 12.4 Å². The molecule has 1 N–H and O–H groups in total. The van der Waals surface area contributed by atoms with Crippen molar-refractivity contribution in [2.45, 2.75) is 57.9 Å². The first-order chi connectivity index (χ1) is 10.6. The number of hydrogen-bond donors (Lipinski definition) is 1.